The number of amides is 6. The highest BCUT2D eigenvalue weighted by atomic mass is 35.5. The van der Waals surface area contributed by atoms with Crippen molar-refractivity contribution in [1.29, 1.82) is 0 Å². The van der Waals surface area contributed by atoms with Crippen molar-refractivity contribution in [2.24, 2.45) is 5.92 Å². The number of para-hydroxylation sites is 1. The summed E-state index contributed by atoms with van der Waals surface area (Å²) >= 11 is 6.81. The number of aliphatic hydroxyl groups is 3. The van der Waals surface area contributed by atoms with Gasteiger partial charge in [0.15, 0.2) is 17.9 Å². The third kappa shape index (κ3) is 17.7. The number of aliphatic hydroxyl groups excluding tert-OH is 2. The zero-order valence-electron chi connectivity index (χ0n) is 50.5. The van der Waals surface area contributed by atoms with Gasteiger partial charge in [-0.05, 0) is 69.5 Å². The maximum atomic E-state index is 14.3. The predicted octanol–water partition coefficient (Wildman–Crippen LogP) is 1.62. The van der Waals surface area contributed by atoms with Crippen molar-refractivity contribution in [3.63, 3.8) is 0 Å². The van der Waals surface area contributed by atoms with E-state index in [-0.39, 0.29) is 76.3 Å². The Morgan fingerprint density at radius 3 is 2.30 bits per heavy atom. The van der Waals surface area contributed by atoms with Gasteiger partial charge in [-0.25, -0.2) is 14.6 Å². The van der Waals surface area contributed by atoms with Gasteiger partial charge in [-0.2, -0.15) is 0 Å². The molecule has 26 nitrogen and oxygen atoms in total. The largest absolute Gasteiger partial charge is 0.495 e. The number of aromatic nitrogens is 1. The summed E-state index contributed by atoms with van der Waals surface area (Å²) in [6, 6.07) is 12.3. The number of aryl methyl sites for hydroxylation is 1. The molecule has 3 aliphatic rings. The number of carbonyl (C=O) groups excluding carboxylic acids is 7. The number of rotatable bonds is 26. The van der Waals surface area contributed by atoms with E-state index in [1.165, 1.54) is 45.0 Å². The molecular weight excluding hydrogens is 1140 g/mol. The molecule has 2 aromatic carbocycles. The van der Waals surface area contributed by atoms with Crippen molar-refractivity contribution in [1.82, 2.24) is 41.2 Å². The van der Waals surface area contributed by atoms with Gasteiger partial charge in [0.1, 0.15) is 40.7 Å². The molecule has 474 valence electrons. The summed E-state index contributed by atoms with van der Waals surface area (Å²) in [7, 11) is 9.56. The molecular formula is C59H84ClN9O17. The molecule has 6 rings (SSSR count). The van der Waals surface area contributed by atoms with Gasteiger partial charge in [0.05, 0.1) is 64.7 Å². The highest BCUT2D eigenvalue weighted by Gasteiger charge is 2.64. The fraction of sp³-hybridized carbons (Fsp3) is 0.576. The van der Waals surface area contributed by atoms with Crippen LogP contribution >= 0.6 is 11.6 Å². The maximum absolute atomic E-state index is 14.3. The lowest BCUT2D eigenvalue weighted by Crippen LogP contribution is -2.63. The summed E-state index contributed by atoms with van der Waals surface area (Å²) in [5.74, 6) is -4.37. The number of fused-ring (bicyclic) bond motifs is 6. The number of esters is 1. The molecule has 6 amide bonds. The van der Waals surface area contributed by atoms with E-state index < -0.39 is 102 Å². The van der Waals surface area contributed by atoms with Gasteiger partial charge >= 0.3 is 12.1 Å². The topological polar surface area (TPSA) is 323 Å². The van der Waals surface area contributed by atoms with Gasteiger partial charge in [-0.1, -0.05) is 60.5 Å². The zero-order valence-corrected chi connectivity index (χ0v) is 51.3. The van der Waals surface area contributed by atoms with Crippen LogP contribution in [0.15, 0.2) is 66.3 Å². The van der Waals surface area contributed by atoms with E-state index in [2.05, 4.69) is 37.3 Å². The number of halogens is 1. The lowest BCUT2D eigenvalue weighted by molar-refractivity contribution is -0.162. The number of alkyl carbamates (subject to hydrolysis) is 1. The Morgan fingerprint density at radius 1 is 0.942 bits per heavy atom. The molecule has 86 heavy (non-hydrogen) atoms. The van der Waals surface area contributed by atoms with Gasteiger partial charge in [-0.15, -0.1) is 0 Å². The van der Waals surface area contributed by atoms with Crippen molar-refractivity contribution in [3.05, 3.63) is 82.5 Å². The lowest BCUT2D eigenvalue weighted by Gasteiger charge is -2.42. The third-order valence-corrected chi connectivity index (χ3v) is 16.1. The number of likely N-dealkylation sites (N-methyl/N-ethyl adjacent to an activating group) is 1. The van der Waals surface area contributed by atoms with Crippen LogP contribution in [-0.4, -0.2) is 214 Å². The third-order valence-electron chi connectivity index (χ3n) is 15.7. The summed E-state index contributed by atoms with van der Waals surface area (Å²) in [5, 5.41) is 45.7. The van der Waals surface area contributed by atoms with Crippen LogP contribution in [0.25, 0.3) is 10.9 Å². The van der Waals surface area contributed by atoms with Crippen molar-refractivity contribution in [2.45, 2.75) is 127 Å². The van der Waals surface area contributed by atoms with Gasteiger partial charge in [0.2, 0.25) is 17.7 Å². The number of benzene rings is 2. The Hall–Kier alpha value is -6.72. The average Bonchev–Trinajstić information content (AvgIpc) is 1.61. The van der Waals surface area contributed by atoms with E-state index in [1.807, 2.05) is 56.4 Å². The monoisotopic (exact) mass is 1230 g/mol. The number of methoxy groups -OCH3 is 2. The number of epoxide rings is 1. The molecule has 0 aliphatic carbocycles. The Bertz CT molecular complexity index is 2940. The molecule has 3 aromatic rings. The minimum atomic E-state index is -2.09. The molecule has 2 fully saturated rings. The Balaban J connectivity index is 0.927. The Labute approximate surface area is 505 Å². The Kier molecular flexibility index (Phi) is 24.9. The summed E-state index contributed by atoms with van der Waals surface area (Å²) in [6.07, 6.45) is -3.85. The molecule has 8 N–H and O–H groups in total. The number of ether oxygens (including phenoxy) is 7. The normalized spacial score (nSPS) is 24.4. The maximum Gasteiger partial charge on any atom is 0.409 e. The number of hydrazine groups is 1. The summed E-state index contributed by atoms with van der Waals surface area (Å²) in [5.41, 5.74) is 3.87. The molecule has 10 atom stereocenters. The molecule has 0 unspecified atom stereocenters. The SMILES string of the molecule is CNN(C)Cc1cc2ccccc2n1CCC(=O)NCCNC(=O)[C@H](O)[C@H](O)C(=O)NCCOCCOCCC(=O)N(C)[C@@H](C)C(=O)O[C@H]1CC(=O)N(C)c2cc(cc(OC)c2Cl)C/C(C)=C/C=C/[C@@H](OC)[C@@]2(O)C[C@H](OC(=O)N2)[C@@H](C)[C@@H]2O[C@@]12C. The predicted molar refractivity (Wildman–Crippen MR) is 315 cm³/mol. The highest BCUT2D eigenvalue weighted by Crippen LogP contribution is 2.49. The Morgan fingerprint density at radius 2 is 1.62 bits per heavy atom. The fourth-order valence-corrected chi connectivity index (χ4v) is 10.6. The smallest absolute Gasteiger partial charge is 0.409 e. The molecule has 0 spiro atoms. The van der Waals surface area contributed by atoms with E-state index in [0.29, 0.717) is 30.9 Å². The first kappa shape index (κ1) is 68.4. The van der Waals surface area contributed by atoms with E-state index in [0.717, 1.165) is 27.7 Å². The molecule has 1 aromatic heterocycles. The minimum Gasteiger partial charge on any atom is -0.495 e. The standard InChI is InChI=1S/C59H84ClN9O17/c1-35-14-13-17-45(81-10)59(79)33-44(84-57(78)65-59)36(2)53-58(4,86-53)46(32-49(72)68(8)42-29-38(28-35)30-43(80-9)50(42)60)85-56(77)37(3)67(7)48(71)19-24-82-26-27-83-25-22-64-55(76)52(74)51(73)54(75)63-21-20-62-47(70)18-23-69-40(34-66(6)61-5)31-39-15-11-12-16-41(39)69/h11-17,29-31,36-37,44-46,51-53,61,73-74,79H,18-28,32-34H2,1-10H3,(H,62,70)(H,63,75)(H,64,76)(H,65,78)/b17-13+,35-14+/t36-,37+,44+,45-,46+,51-,52+,53+,58+,59+/m1/s1. The van der Waals surface area contributed by atoms with E-state index in [1.54, 1.807) is 38.1 Å². The van der Waals surface area contributed by atoms with Crippen LogP contribution in [-0.2, 0) is 76.7 Å². The molecule has 27 heteroatoms. The van der Waals surface area contributed by atoms with Gasteiger partial charge in [0, 0.05) is 84.4 Å². The van der Waals surface area contributed by atoms with Crippen molar-refractivity contribution in [2.75, 3.05) is 93.4 Å². The number of hydrogen-bond donors (Lipinski definition) is 8. The fourth-order valence-electron chi connectivity index (χ4n) is 10.3. The van der Waals surface area contributed by atoms with Crippen LogP contribution in [0.4, 0.5) is 10.5 Å². The summed E-state index contributed by atoms with van der Waals surface area (Å²) in [6.45, 7) is 7.75. The quantitative estimate of drug-likeness (QED) is 0.0245. The van der Waals surface area contributed by atoms with E-state index in [4.69, 9.17) is 44.8 Å². The molecule has 4 heterocycles. The molecule has 0 saturated carbocycles. The van der Waals surface area contributed by atoms with E-state index in [9.17, 15) is 48.9 Å². The second kappa shape index (κ2) is 31.3. The number of anilines is 1. The summed E-state index contributed by atoms with van der Waals surface area (Å²) < 4.78 is 42.5. The van der Waals surface area contributed by atoms with Crippen molar-refractivity contribution >= 4 is 69.8 Å². The summed E-state index contributed by atoms with van der Waals surface area (Å²) in [4.78, 5) is 95.0. The van der Waals surface area contributed by atoms with Crippen molar-refractivity contribution in [3.8, 4) is 5.75 Å². The van der Waals surface area contributed by atoms with Gasteiger partial charge < -0.3 is 78.8 Å². The van der Waals surface area contributed by atoms with Crippen LogP contribution in [0.2, 0.25) is 5.02 Å². The van der Waals surface area contributed by atoms with Gasteiger partial charge in [0.25, 0.3) is 11.8 Å². The van der Waals surface area contributed by atoms with Crippen LogP contribution in [0.5, 0.6) is 5.75 Å². The number of nitrogens with one attached hydrogen (secondary N) is 5. The molecule has 3 aliphatic heterocycles. The number of nitrogens with zero attached hydrogens (tertiary/aromatic N) is 4. The van der Waals surface area contributed by atoms with Crippen LogP contribution in [0, 0.1) is 5.92 Å². The second-order valence-corrected chi connectivity index (χ2v) is 22.3. The van der Waals surface area contributed by atoms with Gasteiger partial charge in [-0.3, -0.25) is 34.7 Å². The van der Waals surface area contributed by atoms with Crippen LogP contribution in [0.1, 0.15) is 64.6 Å². The molecule has 4 bridgehead atoms. The first-order valence-electron chi connectivity index (χ1n) is 28.5. The van der Waals surface area contributed by atoms with Crippen LogP contribution in [0.3, 0.4) is 0 Å². The minimum absolute atomic E-state index is 0.0265. The number of hydrogen-bond acceptors (Lipinski definition) is 19. The molecule has 2 saturated heterocycles. The lowest BCUT2D eigenvalue weighted by atomic mass is 9.83. The first-order valence-corrected chi connectivity index (χ1v) is 28.9. The number of allylic oxidation sites excluding steroid dienone is 3. The number of carbonyl (C=O) groups is 7. The average molecular weight is 1230 g/mol. The van der Waals surface area contributed by atoms with Crippen LogP contribution < -0.4 is 36.3 Å². The van der Waals surface area contributed by atoms with E-state index >= 15 is 0 Å². The molecule has 0 radical (unpaired) electrons. The highest BCUT2D eigenvalue weighted by molar-refractivity contribution is 6.35. The first-order chi connectivity index (χ1) is 40.8. The van der Waals surface area contributed by atoms with Crippen molar-refractivity contribution < 1.29 is 82.0 Å². The zero-order chi connectivity index (χ0) is 63.0. The second-order valence-electron chi connectivity index (χ2n) is 21.9.